The number of nitrogens with zero attached hydrogens (tertiary/aromatic N) is 1. The van der Waals surface area contributed by atoms with Crippen molar-refractivity contribution in [1.82, 2.24) is 4.72 Å². The number of rotatable bonds is 4. The van der Waals surface area contributed by atoms with E-state index in [0.29, 0.717) is 27.6 Å². The lowest BCUT2D eigenvalue weighted by atomic mass is 10.2. The van der Waals surface area contributed by atoms with E-state index >= 15 is 0 Å². The normalized spacial score (nSPS) is 17.4. The van der Waals surface area contributed by atoms with Crippen LogP contribution < -0.4 is 14.2 Å². The number of hydrogen-bond acceptors (Lipinski definition) is 7. The summed E-state index contributed by atoms with van der Waals surface area (Å²) >= 11 is 6.08. The van der Waals surface area contributed by atoms with E-state index in [0.717, 1.165) is 0 Å². The highest BCUT2D eigenvalue weighted by Gasteiger charge is 2.30. The quantitative estimate of drug-likeness (QED) is 0.774. The molecule has 0 bridgehead atoms. The zero-order chi connectivity index (χ0) is 19.0. The van der Waals surface area contributed by atoms with E-state index in [9.17, 15) is 13.2 Å². The lowest BCUT2D eigenvalue weighted by Gasteiger charge is -2.06. The minimum atomic E-state index is -3.64. The number of esters is 1. The summed E-state index contributed by atoms with van der Waals surface area (Å²) < 4.78 is 42.0. The maximum Gasteiger partial charge on any atom is 0.328 e. The van der Waals surface area contributed by atoms with Crippen molar-refractivity contribution >= 4 is 33.4 Å². The van der Waals surface area contributed by atoms with Gasteiger partial charge in [-0.2, -0.15) is 0 Å². The van der Waals surface area contributed by atoms with Gasteiger partial charge >= 0.3 is 5.97 Å². The number of halogens is 1. The van der Waals surface area contributed by atoms with Crippen LogP contribution in [0.1, 0.15) is 11.1 Å². The molecule has 0 atom stereocenters. The molecule has 2 aromatic carbocycles. The summed E-state index contributed by atoms with van der Waals surface area (Å²) in [5.74, 6) is 0.463. The van der Waals surface area contributed by atoms with Gasteiger partial charge in [-0.3, -0.25) is 14.5 Å². The Morgan fingerprint density at radius 3 is 2.93 bits per heavy atom. The first kappa shape index (κ1) is 17.6. The number of hydrogen-bond donors (Lipinski definition) is 1. The van der Waals surface area contributed by atoms with E-state index in [2.05, 4.69) is 9.71 Å². The third kappa shape index (κ3) is 3.43. The van der Waals surface area contributed by atoms with Crippen molar-refractivity contribution in [2.75, 3.05) is 13.3 Å². The van der Waals surface area contributed by atoms with Crippen LogP contribution in [-0.4, -0.2) is 33.6 Å². The van der Waals surface area contributed by atoms with E-state index in [1.165, 1.54) is 6.07 Å². The van der Waals surface area contributed by atoms with E-state index in [4.69, 9.17) is 25.8 Å². The first-order valence-corrected chi connectivity index (χ1v) is 9.70. The van der Waals surface area contributed by atoms with Gasteiger partial charge in [0, 0.05) is 5.56 Å². The second-order valence-corrected chi connectivity index (χ2v) is 7.80. The predicted octanol–water partition coefficient (Wildman–Crippen LogP) is 1.85. The molecule has 27 heavy (non-hydrogen) atoms. The highest BCUT2D eigenvalue weighted by molar-refractivity contribution is 7.90. The van der Waals surface area contributed by atoms with Crippen LogP contribution in [0, 0.1) is 0 Å². The van der Waals surface area contributed by atoms with Crippen molar-refractivity contribution in [3.8, 4) is 11.5 Å². The molecule has 0 aromatic heterocycles. The van der Waals surface area contributed by atoms with Gasteiger partial charge in [0.2, 0.25) is 6.79 Å². The van der Waals surface area contributed by atoms with Crippen molar-refractivity contribution in [1.29, 1.82) is 0 Å². The van der Waals surface area contributed by atoms with Crippen molar-refractivity contribution < 1.29 is 27.4 Å². The van der Waals surface area contributed by atoms with Gasteiger partial charge in [0.05, 0.1) is 9.92 Å². The Balaban J connectivity index is 1.41. The van der Waals surface area contributed by atoms with Gasteiger partial charge in [-0.1, -0.05) is 23.7 Å². The number of carbonyl (C=O) groups excluding carboxylic acids is 1. The Kier molecular flexibility index (Phi) is 4.40. The fourth-order valence-electron chi connectivity index (χ4n) is 2.71. The average molecular weight is 409 g/mol. The largest absolute Gasteiger partial charge is 0.459 e. The van der Waals surface area contributed by atoms with Gasteiger partial charge in [0.25, 0.3) is 10.0 Å². The topological polar surface area (TPSA) is 103 Å². The summed E-state index contributed by atoms with van der Waals surface area (Å²) in [7, 11) is -3.64. The maximum absolute atomic E-state index is 12.0. The highest BCUT2D eigenvalue weighted by Crippen LogP contribution is 2.39. The van der Waals surface area contributed by atoms with E-state index in [1.807, 2.05) is 0 Å². The van der Waals surface area contributed by atoms with Gasteiger partial charge in [0.15, 0.2) is 11.5 Å². The molecule has 0 radical (unpaired) electrons. The minimum Gasteiger partial charge on any atom is -0.459 e. The van der Waals surface area contributed by atoms with Crippen LogP contribution in [0.4, 0.5) is 0 Å². The average Bonchev–Trinajstić information content (AvgIpc) is 3.21. The summed E-state index contributed by atoms with van der Waals surface area (Å²) in [6.45, 7) is -0.264. The van der Waals surface area contributed by atoms with Crippen molar-refractivity contribution in [2.45, 2.75) is 11.5 Å². The molecular formula is C17H13ClN2O6S. The Labute approximate surface area is 159 Å². The molecule has 0 amide bonds. The SMILES string of the molecule is O=C(CN=C1NS(=O)(=O)c2ccccc21)OCc1cc(Cl)c2c(c1)OCO2. The first-order valence-electron chi connectivity index (χ1n) is 7.84. The molecule has 2 aromatic rings. The molecule has 0 saturated carbocycles. The summed E-state index contributed by atoms with van der Waals surface area (Å²) in [6.07, 6.45) is 0. The number of aliphatic imine (C=N–C) groups is 1. The lowest BCUT2D eigenvalue weighted by molar-refractivity contribution is -0.143. The van der Waals surface area contributed by atoms with Crippen molar-refractivity contribution in [3.63, 3.8) is 0 Å². The number of amidine groups is 1. The molecule has 140 valence electrons. The van der Waals surface area contributed by atoms with Crippen LogP contribution >= 0.6 is 11.6 Å². The number of fused-ring (bicyclic) bond motifs is 2. The van der Waals surface area contributed by atoms with Crippen molar-refractivity contribution in [3.05, 3.63) is 52.5 Å². The molecule has 8 nitrogen and oxygen atoms in total. The molecule has 2 aliphatic heterocycles. The second kappa shape index (κ2) is 6.75. The molecule has 4 rings (SSSR count). The highest BCUT2D eigenvalue weighted by atomic mass is 35.5. The number of benzene rings is 2. The van der Waals surface area contributed by atoms with E-state index in [1.54, 1.807) is 30.3 Å². The monoisotopic (exact) mass is 408 g/mol. The third-order valence-electron chi connectivity index (χ3n) is 3.92. The van der Waals surface area contributed by atoms with Crippen LogP contribution in [0.15, 0.2) is 46.3 Å². The Hall–Kier alpha value is -2.78. The van der Waals surface area contributed by atoms with Gasteiger partial charge in [-0.15, -0.1) is 0 Å². The van der Waals surface area contributed by atoms with Crippen LogP contribution in [-0.2, 0) is 26.2 Å². The fraction of sp³-hybridized carbons (Fsp3) is 0.176. The molecule has 2 heterocycles. The van der Waals surface area contributed by atoms with Crippen LogP contribution in [0.3, 0.4) is 0 Å². The zero-order valence-electron chi connectivity index (χ0n) is 13.8. The molecule has 2 aliphatic rings. The van der Waals surface area contributed by atoms with Crippen molar-refractivity contribution in [2.24, 2.45) is 4.99 Å². The molecule has 0 unspecified atom stereocenters. The smallest absolute Gasteiger partial charge is 0.328 e. The summed E-state index contributed by atoms with van der Waals surface area (Å²) in [6, 6.07) is 9.70. The van der Waals surface area contributed by atoms with Crippen LogP contribution in [0.2, 0.25) is 5.02 Å². The van der Waals surface area contributed by atoms with Gasteiger partial charge in [-0.05, 0) is 29.8 Å². The Morgan fingerprint density at radius 2 is 2.07 bits per heavy atom. The molecule has 0 aliphatic carbocycles. The molecule has 0 spiro atoms. The second-order valence-electron chi connectivity index (χ2n) is 5.74. The Bertz CT molecular complexity index is 1070. The third-order valence-corrected chi connectivity index (χ3v) is 5.59. The van der Waals surface area contributed by atoms with Gasteiger partial charge in [0.1, 0.15) is 19.0 Å². The van der Waals surface area contributed by atoms with Gasteiger partial charge in [-0.25, -0.2) is 8.42 Å². The molecule has 1 N–H and O–H groups in total. The summed E-state index contributed by atoms with van der Waals surface area (Å²) in [4.78, 5) is 16.1. The lowest BCUT2D eigenvalue weighted by Crippen LogP contribution is -2.23. The zero-order valence-corrected chi connectivity index (χ0v) is 15.3. The fourth-order valence-corrected chi connectivity index (χ4v) is 4.25. The number of nitrogens with one attached hydrogen (secondary N) is 1. The van der Waals surface area contributed by atoms with E-state index < -0.39 is 16.0 Å². The standard InChI is InChI=1S/C17H13ClN2O6S/c18-12-5-10(6-13-16(12)26-9-25-13)8-24-15(21)7-19-17-11-3-1-2-4-14(11)27(22,23)20-17/h1-6H,7-9H2,(H,19,20). The minimum absolute atomic E-state index is 0.0254. The molecule has 0 saturated heterocycles. The van der Waals surface area contributed by atoms with Crippen LogP contribution in [0.5, 0.6) is 11.5 Å². The van der Waals surface area contributed by atoms with E-state index in [-0.39, 0.29) is 30.7 Å². The number of carbonyl (C=O) groups is 1. The Morgan fingerprint density at radius 1 is 1.26 bits per heavy atom. The molecule has 0 fully saturated rings. The number of ether oxygens (including phenoxy) is 3. The summed E-state index contributed by atoms with van der Waals surface area (Å²) in [5.41, 5.74) is 1.06. The van der Waals surface area contributed by atoms with Gasteiger partial charge < -0.3 is 14.2 Å². The van der Waals surface area contributed by atoms with Crippen LogP contribution in [0.25, 0.3) is 0 Å². The maximum atomic E-state index is 12.0. The number of sulfonamides is 1. The predicted molar refractivity (Wildman–Crippen MR) is 95.5 cm³/mol. The summed E-state index contributed by atoms with van der Waals surface area (Å²) in [5, 5.41) is 0.369. The first-order chi connectivity index (χ1) is 12.9. The molecule has 10 heteroatoms. The molecular weight excluding hydrogens is 396 g/mol.